The zero-order valence-electron chi connectivity index (χ0n) is 11.3. The summed E-state index contributed by atoms with van der Waals surface area (Å²) < 4.78 is 46.4. The highest BCUT2D eigenvalue weighted by Gasteiger charge is 2.17. The largest absolute Gasteiger partial charge is 0.486 e. The minimum atomic E-state index is -0.726. The second-order valence-electron chi connectivity index (χ2n) is 4.81. The summed E-state index contributed by atoms with van der Waals surface area (Å²) in [5.41, 5.74) is 0.304. The highest BCUT2D eigenvalue weighted by molar-refractivity contribution is 5.34. The first-order chi connectivity index (χ1) is 9.50. The number of ether oxygens (including phenoxy) is 1. The van der Waals surface area contributed by atoms with Gasteiger partial charge in [-0.15, -0.1) is 0 Å². The Morgan fingerprint density at radius 2 is 1.65 bits per heavy atom. The maximum Gasteiger partial charge on any atom is 0.171 e. The van der Waals surface area contributed by atoms with Crippen molar-refractivity contribution in [3.05, 3.63) is 65.0 Å². The average molecular weight is 280 g/mol. The van der Waals surface area contributed by atoms with E-state index in [4.69, 9.17) is 4.74 Å². The van der Waals surface area contributed by atoms with Gasteiger partial charge in [0.1, 0.15) is 18.2 Å². The lowest BCUT2D eigenvalue weighted by Crippen LogP contribution is -2.04. The zero-order chi connectivity index (χ0) is 14.7. The Morgan fingerprint density at radius 3 is 2.30 bits per heavy atom. The molecule has 0 fully saturated rings. The van der Waals surface area contributed by atoms with Gasteiger partial charge in [-0.2, -0.15) is 0 Å². The number of halogens is 3. The van der Waals surface area contributed by atoms with E-state index in [1.165, 1.54) is 12.1 Å². The molecule has 0 aliphatic carbocycles. The first-order valence-electron chi connectivity index (χ1n) is 6.34. The van der Waals surface area contributed by atoms with Crippen molar-refractivity contribution in [1.29, 1.82) is 0 Å². The van der Waals surface area contributed by atoms with Gasteiger partial charge in [-0.05, 0) is 24.1 Å². The molecule has 0 N–H and O–H groups in total. The van der Waals surface area contributed by atoms with Crippen LogP contribution in [0.3, 0.4) is 0 Å². The van der Waals surface area contributed by atoms with E-state index in [9.17, 15) is 13.2 Å². The molecule has 4 heteroatoms. The van der Waals surface area contributed by atoms with E-state index in [1.54, 1.807) is 32.0 Å². The normalized spacial score (nSPS) is 10.9. The fourth-order valence-corrected chi connectivity index (χ4v) is 1.96. The smallest absolute Gasteiger partial charge is 0.171 e. The second kappa shape index (κ2) is 5.99. The highest BCUT2D eigenvalue weighted by Crippen LogP contribution is 2.29. The summed E-state index contributed by atoms with van der Waals surface area (Å²) in [5, 5.41) is 0. The summed E-state index contributed by atoms with van der Waals surface area (Å²) >= 11 is 0. The number of hydrogen-bond acceptors (Lipinski definition) is 1. The molecule has 2 aromatic carbocycles. The van der Waals surface area contributed by atoms with Gasteiger partial charge in [-0.1, -0.05) is 32.0 Å². The molecule has 0 saturated carbocycles. The summed E-state index contributed by atoms with van der Waals surface area (Å²) in [6, 6.07) is 8.47. The van der Waals surface area contributed by atoms with Crippen LogP contribution < -0.4 is 4.74 Å². The topological polar surface area (TPSA) is 9.23 Å². The molecule has 0 heterocycles. The molecule has 0 aromatic heterocycles. The molecule has 0 unspecified atom stereocenters. The van der Waals surface area contributed by atoms with Crippen molar-refractivity contribution in [3.8, 4) is 5.75 Å². The van der Waals surface area contributed by atoms with Crippen LogP contribution in [0, 0.1) is 17.5 Å². The van der Waals surface area contributed by atoms with Crippen LogP contribution in [-0.2, 0) is 6.61 Å². The molecule has 1 nitrogen and oxygen atoms in total. The van der Waals surface area contributed by atoms with Crippen molar-refractivity contribution in [2.75, 3.05) is 0 Å². The molecule has 0 amide bonds. The molecule has 0 bridgehead atoms. The lowest BCUT2D eigenvalue weighted by molar-refractivity contribution is 0.282. The van der Waals surface area contributed by atoms with Gasteiger partial charge in [0.05, 0.1) is 0 Å². The van der Waals surface area contributed by atoms with Gasteiger partial charge in [-0.3, -0.25) is 0 Å². The summed E-state index contributed by atoms with van der Waals surface area (Å²) in [4.78, 5) is 0. The second-order valence-corrected chi connectivity index (χ2v) is 4.81. The molecule has 2 aromatic rings. The molecule has 0 saturated heterocycles. The Balaban J connectivity index is 2.23. The maximum absolute atomic E-state index is 14.1. The zero-order valence-corrected chi connectivity index (χ0v) is 11.3. The number of hydrogen-bond donors (Lipinski definition) is 0. The van der Waals surface area contributed by atoms with Crippen LogP contribution in [0.2, 0.25) is 0 Å². The van der Waals surface area contributed by atoms with E-state index >= 15 is 0 Å². The fraction of sp³-hybridized carbons (Fsp3) is 0.250. The van der Waals surface area contributed by atoms with Gasteiger partial charge in [0.15, 0.2) is 11.6 Å². The molecule has 2 rings (SSSR count). The monoisotopic (exact) mass is 280 g/mol. The predicted octanol–water partition coefficient (Wildman–Crippen LogP) is 4.81. The van der Waals surface area contributed by atoms with Crippen molar-refractivity contribution < 1.29 is 17.9 Å². The Hall–Kier alpha value is -1.97. The molecule has 0 atom stereocenters. The average Bonchev–Trinajstić information content (AvgIpc) is 2.39. The Kier molecular flexibility index (Phi) is 4.32. The third-order valence-corrected chi connectivity index (χ3v) is 3.01. The molecule has 0 aliphatic heterocycles. The van der Waals surface area contributed by atoms with E-state index in [0.29, 0.717) is 5.56 Å². The van der Waals surface area contributed by atoms with E-state index in [-0.39, 0.29) is 23.8 Å². The third kappa shape index (κ3) is 2.95. The highest BCUT2D eigenvalue weighted by atomic mass is 19.1. The molecule has 0 aliphatic rings. The molecule has 0 radical (unpaired) electrons. The molecular weight excluding hydrogens is 265 g/mol. The van der Waals surface area contributed by atoms with Crippen molar-refractivity contribution in [3.63, 3.8) is 0 Å². The quantitative estimate of drug-likeness (QED) is 0.781. The summed E-state index contributed by atoms with van der Waals surface area (Å²) in [6.45, 7) is 3.29. The van der Waals surface area contributed by atoms with Crippen LogP contribution in [0.4, 0.5) is 13.2 Å². The van der Waals surface area contributed by atoms with E-state index in [1.807, 2.05) is 0 Å². The molecule has 0 spiro atoms. The standard InChI is InChI=1S/C16H15F3O/c1-10(2)15-13(18)7-8-14(16(15)19)20-9-11-5-3-4-6-12(11)17/h3-8,10H,9H2,1-2H3. The van der Waals surface area contributed by atoms with Crippen LogP contribution in [0.25, 0.3) is 0 Å². The third-order valence-electron chi connectivity index (χ3n) is 3.01. The minimum absolute atomic E-state index is 0.0176. The van der Waals surface area contributed by atoms with Gasteiger partial charge in [0.2, 0.25) is 0 Å². The van der Waals surface area contributed by atoms with Crippen molar-refractivity contribution in [1.82, 2.24) is 0 Å². The van der Waals surface area contributed by atoms with Crippen LogP contribution in [0.5, 0.6) is 5.75 Å². The van der Waals surface area contributed by atoms with Crippen LogP contribution in [0.15, 0.2) is 36.4 Å². The summed E-state index contributed by atoms with van der Waals surface area (Å²) in [6.07, 6.45) is 0. The van der Waals surface area contributed by atoms with E-state index < -0.39 is 17.5 Å². The van der Waals surface area contributed by atoms with E-state index in [2.05, 4.69) is 0 Å². The predicted molar refractivity (Wildman–Crippen MR) is 71.2 cm³/mol. The Labute approximate surface area is 116 Å². The first kappa shape index (κ1) is 14.4. The van der Waals surface area contributed by atoms with Crippen LogP contribution >= 0.6 is 0 Å². The number of benzene rings is 2. The molecular formula is C16H15F3O. The Morgan fingerprint density at radius 1 is 0.950 bits per heavy atom. The first-order valence-corrected chi connectivity index (χ1v) is 6.34. The van der Waals surface area contributed by atoms with Crippen LogP contribution in [-0.4, -0.2) is 0 Å². The van der Waals surface area contributed by atoms with E-state index in [0.717, 1.165) is 6.07 Å². The summed E-state index contributed by atoms with van der Waals surface area (Å²) in [7, 11) is 0. The van der Waals surface area contributed by atoms with Gasteiger partial charge in [0.25, 0.3) is 0 Å². The minimum Gasteiger partial charge on any atom is -0.486 e. The maximum atomic E-state index is 14.1. The van der Waals surface area contributed by atoms with Crippen molar-refractivity contribution in [2.24, 2.45) is 0 Å². The summed E-state index contributed by atoms with van der Waals surface area (Å²) in [5.74, 6) is -2.11. The van der Waals surface area contributed by atoms with Crippen molar-refractivity contribution >= 4 is 0 Å². The van der Waals surface area contributed by atoms with Gasteiger partial charge >= 0.3 is 0 Å². The van der Waals surface area contributed by atoms with Gasteiger partial charge in [-0.25, -0.2) is 13.2 Å². The molecule has 20 heavy (non-hydrogen) atoms. The fourth-order valence-electron chi connectivity index (χ4n) is 1.96. The van der Waals surface area contributed by atoms with Gasteiger partial charge in [0, 0.05) is 11.1 Å². The van der Waals surface area contributed by atoms with Crippen LogP contribution in [0.1, 0.15) is 30.9 Å². The lowest BCUT2D eigenvalue weighted by atomic mass is 10.0. The lowest BCUT2D eigenvalue weighted by Gasteiger charge is -2.13. The van der Waals surface area contributed by atoms with Crippen molar-refractivity contribution in [2.45, 2.75) is 26.4 Å². The van der Waals surface area contributed by atoms with Gasteiger partial charge < -0.3 is 4.74 Å². The SMILES string of the molecule is CC(C)c1c(F)ccc(OCc2ccccc2F)c1F. The number of rotatable bonds is 4. The Bertz CT molecular complexity index is 609. The molecule has 106 valence electrons.